The third-order valence-corrected chi connectivity index (χ3v) is 8.58. The second-order valence-corrected chi connectivity index (χ2v) is 12.2. The molecule has 4 amide bonds. The minimum absolute atomic E-state index is 0.117. The van der Waals surface area contributed by atoms with Crippen LogP contribution in [0.5, 0.6) is 0 Å². The summed E-state index contributed by atoms with van der Waals surface area (Å²) < 4.78 is 5.65. The lowest BCUT2D eigenvalue weighted by Gasteiger charge is -2.25. The molecule has 1 unspecified atom stereocenters. The fourth-order valence-corrected chi connectivity index (χ4v) is 5.95. The molecule has 0 saturated carbocycles. The maximum absolute atomic E-state index is 14.2. The van der Waals surface area contributed by atoms with Crippen molar-refractivity contribution in [3.05, 3.63) is 126 Å². The number of benzene rings is 4. The molecule has 0 radical (unpaired) electrons. The van der Waals surface area contributed by atoms with Crippen LogP contribution in [-0.4, -0.2) is 60.1 Å². The molecule has 1 atom stereocenters. The van der Waals surface area contributed by atoms with Crippen molar-refractivity contribution >= 4 is 51.9 Å². The Morgan fingerprint density at radius 3 is 2.10 bits per heavy atom. The van der Waals surface area contributed by atoms with Gasteiger partial charge in [0.25, 0.3) is 11.8 Å². The van der Waals surface area contributed by atoms with Gasteiger partial charge < -0.3 is 20.0 Å². The highest BCUT2D eigenvalue weighted by molar-refractivity contribution is 6.10. The van der Waals surface area contributed by atoms with E-state index in [1.165, 1.54) is 9.80 Å². The van der Waals surface area contributed by atoms with Crippen LogP contribution in [0.1, 0.15) is 40.2 Å². The zero-order valence-corrected chi connectivity index (χ0v) is 27.6. The summed E-state index contributed by atoms with van der Waals surface area (Å²) in [4.78, 5) is 74.5. The Labute approximate surface area is 289 Å². The molecular formula is C39H37N5O6. The van der Waals surface area contributed by atoms with Crippen LogP contribution >= 0.6 is 0 Å². The molecule has 1 aliphatic heterocycles. The van der Waals surface area contributed by atoms with Crippen LogP contribution in [0.4, 0.5) is 11.4 Å². The molecule has 254 valence electrons. The first-order valence-electron chi connectivity index (χ1n) is 16.5. The lowest BCUT2D eigenvalue weighted by Crippen LogP contribution is -2.54. The van der Waals surface area contributed by atoms with E-state index in [-0.39, 0.29) is 37.1 Å². The van der Waals surface area contributed by atoms with E-state index in [4.69, 9.17) is 4.42 Å². The van der Waals surface area contributed by atoms with Crippen LogP contribution in [0.2, 0.25) is 0 Å². The number of amides is 4. The molecule has 1 aliphatic rings. The Hall–Kier alpha value is -6.10. The number of oxazole rings is 1. The molecule has 0 aliphatic carbocycles. The molecule has 0 bridgehead atoms. The van der Waals surface area contributed by atoms with E-state index in [1.807, 2.05) is 79.7 Å². The molecule has 50 heavy (non-hydrogen) atoms. The Bertz CT molecular complexity index is 2030. The van der Waals surface area contributed by atoms with E-state index in [0.29, 0.717) is 35.3 Å². The van der Waals surface area contributed by atoms with E-state index in [1.54, 1.807) is 30.3 Å². The maximum Gasteiger partial charge on any atom is 0.266 e. The second-order valence-electron chi connectivity index (χ2n) is 12.2. The van der Waals surface area contributed by atoms with Crippen molar-refractivity contribution in [3.8, 4) is 0 Å². The van der Waals surface area contributed by atoms with Crippen LogP contribution in [0.25, 0.3) is 11.1 Å². The number of rotatable bonds is 12. The van der Waals surface area contributed by atoms with Crippen molar-refractivity contribution in [3.63, 3.8) is 0 Å². The molecule has 4 aromatic carbocycles. The first kappa shape index (κ1) is 33.8. The van der Waals surface area contributed by atoms with Crippen molar-refractivity contribution < 1.29 is 28.4 Å². The lowest BCUT2D eigenvalue weighted by atomic mass is 10.1. The minimum Gasteiger partial charge on any atom is -0.433 e. The molecule has 11 nitrogen and oxygen atoms in total. The van der Waals surface area contributed by atoms with Gasteiger partial charge in [-0.05, 0) is 54.7 Å². The Kier molecular flexibility index (Phi) is 10.4. The van der Waals surface area contributed by atoms with Crippen LogP contribution in [0.15, 0.2) is 108 Å². The van der Waals surface area contributed by atoms with Crippen LogP contribution in [-0.2, 0) is 32.0 Å². The highest BCUT2D eigenvalue weighted by Crippen LogP contribution is 2.33. The monoisotopic (exact) mass is 671 g/mol. The van der Waals surface area contributed by atoms with Gasteiger partial charge in [-0.1, -0.05) is 84.9 Å². The molecule has 0 fully saturated rings. The summed E-state index contributed by atoms with van der Waals surface area (Å²) in [5.41, 5.74) is 4.59. The summed E-state index contributed by atoms with van der Waals surface area (Å²) in [5, 5.41) is 5.41. The van der Waals surface area contributed by atoms with Gasteiger partial charge >= 0.3 is 0 Å². The summed E-state index contributed by atoms with van der Waals surface area (Å²) in [6, 6.07) is 30.2. The number of hydrogen-bond donors (Lipinski definition) is 2. The summed E-state index contributed by atoms with van der Waals surface area (Å²) in [5.74, 6) is -2.43. The van der Waals surface area contributed by atoms with Gasteiger partial charge in [-0.15, -0.1) is 0 Å². The second kappa shape index (κ2) is 15.4. The number of anilines is 2. The minimum atomic E-state index is -1.14. The quantitative estimate of drug-likeness (QED) is 0.185. The third-order valence-electron chi connectivity index (χ3n) is 8.58. The van der Waals surface area contributed by atoms with Gasteiger partial charge in [-0.3, -0.25) is 28.9 Å². The number of aryl methyl sites for hydroxylation is 3. The summed E-state index contributed by atoms with van der Waals surface area (Å²) >= 11 is 0. The molecule has 0 saturated heterocycles. The molecule has 2 N–H and O–H groups in total. The number of carbonyl (C=O) groups is 5. The SMILES string of the molecule is Cc1cccc2nc(C(=O)CNC(=O)CN3C(=O)C(NC(=O)CCc4ccccc4)CN(C(=O)CCc4ccccc4)c4ccccc43)oc12. The third kappa shape index (κ3) is 7.95. The maximum atomic E-state index is 14.2. The van der Waals surface area contributed by atoms with Gasteiger partial charge in [0, 0.05) is 12.8 Å². The van der Waals surface area contributed by atoms with Crippen molar-refractivity contribution in [2.75, 3.05) is 29.4 Å². The Balaban J connectivity index is 1.21. The van der Waals surface area contributed by atoms with Gasteiger partial charge in [0.05, 0.1) is 24.5 Å². The van der Waals surface area contributed by atoms with E-state index in [0.717, 1.165) is 16.7 Å². The number of ketones is 1. The fraction of sp³-hybridized carbons (Fsp3) is 0.231. The summed E-state index contributed by atoms with van der Waals surface area (Å²) in [6.07, 6.45) is 1.24. The molecule has 11 heteroatoms. The van der Waals surface area contributed by atoms with Gasteiger partial charge in [-0.2, -0.15) is 0 Å². The average molecular weight is 672 g/mol. The number of Topliss-reactive ketones (excluding diaryl/α,β-unsaturated/α-hetero) is 1. The number of nitrogens with zero attached hydrogens (tertiary/aromatic N) is 3. The Morgan fingerprint density at radius 1 is 0.780 bits per heavy atom. The van der Waals surface area contributed by atoms with Gasteiger partial charge in [-0.25, -0.2) is 4.98 Å². The van der Waals surface area contributed by atoms with E-state index < -0.39 is 36.7 Å². The zero-order valence-electron chi connectivity index (χ0n) is 27.6. The summed E-state index contributed by atoms with van der Waals surface area (Å²) in [7, 11) is 0. The van der Waals surface area contributed by atoms with E-state index in [2.05, 4.69) is 15.6 Å². The molecule has 1 aromatic heterocycles. The normalized spacial score (nSPS) is 14.2. The molecule has 0 spiro atoms. The highest BCUT2D eigenvalue weighted by Gasteiger charge is 2.37. The lowest BCUT2D eigenvalue weighted by molar-refractivity contribution is -0.128. The molecular weight excluding hydrogens is 634 g/mol. The molecule has 2 heterocycles. The first-order valence-corrected chi connectivity index (χ1v) is 16.5. The number of para-hydroxylation sites is 3. The molecule has 6 rings (SSSR count). The largest absolute Gasteiger partial charge is 0.433 e. The van der Waals surface area contributed by atoms with E-state index in [9.17, 15) is 24.0 Å². The van der Waals surface area contributed by atoms with Gasteiger partial charge in [0.2, 0.25) is 23.5 Å². The molecule has 5 aromatic rings. The first-order chi connectivity index (χ1) is 24.3. The topological polar surface area (TPSA) is 142 Å². The number of hydrogen-bond acceptors (Lipinski definition) is 7. The fourth-order valence-electron chi connectivity index (χ4n) is 5.95. The standard InChI is InChI=1S/C39H37N5O6/c1-26-11-10-16-29-37(26)50-38(42-29)33(45)23-40-35(47)25-44-32-18-9-8-17-31(32)43(36(48)22-20-28-14-6-3-7-15-28)24-30(39(44)49)41-34(46)21-19-27-12-4-2-5-13-27/h2-18,30H,19-25H2,1H3,(H,40,47)(H,41,46). The Morgan fingerprint density at radius 2 is 1.42 bits per heavy atom. The van der Waals surface area contributed by atoms with Crippen molar-refractivity contribution in [2.24, 2.45) is 0 Å². The van der Waals surface area contributed by atoms with Gasteiger partial charge in [0.1, 0.15) is 18.1 Å². The predicted octanol–water partition coefficient (Wildman–Crippen LogP) is 4.57. The van der Waals surface area contributed by atoms with Crippen LogP contribution in [0, 0.1) is 6.92 Å². The predicted molar refractivity (Wildman–Crippen MR) is 189 cm³/mol. The zero-order chi connectivity index (χ0) is 35.0. The van der Waals surface area contributed by atoms with Crippen molar-refractivity contribution in [1.29, 1.82) is 0 Å². The smallest absolute Gasteiger partial charge is 0.266 e. The van der Waals surface area contributed by atoms with Gasteiger partial charge in [0.15, 0.2) is 5.58 Å². The highest BCUT2D eigenvalue weighted by atomic mass is 16.4. The summed E-state index contributed by atoms with van der Waals surface area (Å²) in [6.45, 7) is 0.862. The average Bonchev–Trinajstić information content (AvgIpc) is 3.55. The number of nitrogens with one attached hydrogen (secondary N) is 2. The van der Waals surface area contributed by atoms with Crippen LogP contribution in [0.3, 0.4) is 0 Å². The van der Waals surface area contributed by atoms with E-state index >= 15 is 0 Å². The number of carbonyl (C=O) groups excluding carboxylic acids is 5. The number of fused-ring (bicyclic) bond motifs is 2. The van der Waals surface area contributed by atoms with Crippen LogP contribution < -0.4 is 20.4 Å². The number of aromatic nitrogens is 1. The van der Waals surface area contributed by atoms with Crippen molar-refractivity contribution in [2.45, 2.75) is 38.6 Å². The van der Waals surface area contributed by atoms with Crippen molar-refractivity contribution in [1.82, 2.24) is 15.6 Å².